The zero-order valence-electron chi connectivity index (χ0n) is 16.9. The molecule has 0 fully saturated rings. The van der Waals surface area contributed by atoms with Crippen LogP contribution in [0, 0.1) is 0 Å². The molecule has 0 atom stereocenters. The summed E-state index contributed by atoms with van der Waals surface area (Å²) in [5, 5.41) is 4.11. The molecule has 28 heavy (non-hydrogen) atoms. The number of methoxy groups -OCH3 is 1. The third kappa shape index (κ3) is 7.89. The molecule has 0 unspecified atom stereocenters. The van der Waals surface area contributed by atoms with E-state index in [2.05, 4.69) is 15.2 Å². The SMILES string of the molecule is CN=C(NCCCOCc1ccc(OC)cc1)N(C)Cc1cc(Cl)cn1C.I. The summed E-state index contributed by atoms with van der Waals surface area (Å²) in [6, 6.07) is 9.89. The quantitative estimate of drug-likeness (QED) is 0.236. The van der Waals surface area contributed by atoms with Gasteiger partial charge in [-0.05, 0) is 30.2 Å². The predicted octanol–water partition coefficient (Wildman–Crippen LogP) is 3.92. The van der Waals surface area contributed by atoms with Crippen LogP contribution in [0.5, 0.6) is 5.75 Å². The molecule has 0 bridgehead atoms. The van der Waals surface area contributed by atoms with Crippen molar-refractivity contribution in [3.05, 3.63) is 52.8 Å². The second kappa shape index (κ2) is 12.9. The number of halogens is 2. The van der Waals surface area contributed by atoms with Crippen LogP contribution in [0.2, 0.25) is 5.02 Å². The van der Waals surface area contributed by atoms with Gasteiger partial charge in [0, 0.05) is 46.2 Å². The van der Waals surface area contributed by atoms with E-state index in [9.17, 15) is 0 Å². The highest BCUT2D eigenvalue weighted by molar-refractivity contribution is 14.0. The Morgan fingerprint density at radius 2 is 2.00 bits per heavy atom. The normalized spacial score (nSPS) is 11.1. The predicted molar refractivity (Wildman–Crippen MR) is 126 cm³/mol. The Morgan fingerprint density at radius 3 is 2.57 bits per heavy atom. The zero-order valence-corrected chi connectivity index (χ0v) is 20.0. The first-order valence-electron chi connectivity index (χ1n) is 8.96. The standard InChI is InChI=1S/C20H29ClN4O2.HI/c1-22-20(25(3)14-18-12-17(21)13-24(18)2)23-10-5-11-27-15-16-6-8-19(26-4)9-7-16;/h6-9,12-13H,5,10-11,14-15H2,1-4H3,(H,22,23);1H. The Labute approximate surface area is 189 Å². The van der Waals surface area contributed by atoms with Crippen LogP contribution in [-0.4, -0.2) is 49.8 Å². The van der Waals surface area contributed by atoms with Gasteiger partial charge in [-0.3, -0.25) is 4.99 Å². The fraction of sp³-hybridized carbons (Fsp3) is 0.450. The number of nitrogens with one attached hydrogen (secondary N) is 1. The van der Waals surface area contributed by atoms with Gasteiger partial charge in [-0.1, -0.05) is 23.7 Å². The molecule has 0 saturated heterocycles. The molecular formula is C20H30ClIN4O2. The number of aryl methyl sites for hydroxylation is 1. The van der Waals surface area contributed by atoms with E-state index in [-0.39, 0.29) is 24.0 Å². The van der Waals surface area contributed by atoms with Crippen molar-refractivity contribution in [1.82, 2.24) is 14.8 Å². The van der Waals surface area contributed by atoms with Crippen molar-refractivity contribution in [3.63, 3.8) is 0 Å². The zero-order chi connectivity index (χ0) is 19.6. The van der Waals surface area contributed by atoms with Gasteiger partial charge >= 0.3 is 0 Å². The lowest BCUT2D eigenvalue weighted by Gasteiger charge is -2.22. The summed E-state index contributed by atoms with van der Waals surface area (Å²) in [6.45, 7) is 2.82. The van der Waals surface area contributed by atoms with Crippen molar-refractivity contribution in [2.45, 2.75) is 19.6 Å². The summed E-state index contributed by atoms with van der Waals surface area (Å²) in [5.74, 6) is 1.71. The van der Waals surface area contributed by atoms with Crippen LogP contribution in [0.3, 0.4) is 0 Å². The van der Waals surface area contributed by atoms with Crippen molar-refractivity contribution in [2.75, 3.05) is 34.4 Å². The van der Waals surface area contributed by atoms with Crippen LogP contribution in [0.25, 0.3) is 0 Å². The topological polar surface area (TPSA) is 51.0 Å². The summed E-state index contributed by atoms with van der Waals surface area (Å²) in [4.78, 5) is 6.41. The Bertz CT molecular complexity index is 734. The van der Waals surface area contributed by atoms with Gasteiger partial charge in [0.1, 0.15) is 5.75 Å². The number of nitrogens with zero attached hydrogens (tertiary/aromatic N) is 3. The van der Waals surface area contributed by atoms with E-state index < -0.39 is 0 Å². The van der Waals surface area contributed by atoms with Gasteiger partial charge in [-0.2, -0.15) is 0 Å². The van der Waals surface area contributed by atoms with E-state index in [0.717, 1.165) is 47.5 Å². The maximum absolute atomic E-state index is 6.05. The number of aliphatic imine (C=N–C) groups is 1. The van der Waals surface area contributed by atoms with Crippen LogP contribution in [0.4, 0.5) is 0 Å². The van der Waals surface area contributed by atoms with E-state index in [1.165, 1.54) is 0 Å². The summed E-state index contributed by atoms with van der Waals surface area (Å²) in [6.07, 6.45) is 2.81. The van der Waals surface area contributed by atoms with Crippen molar-refractivity contribution in [1.29, 1.82) is 0 Å². The van der Waals surface area contributed by atoms with Crippen molar-refractivity contribution >= 4 is 41.5 Å². The molecule has 0 spiro atoms. The molecule has 6 nitrogen and oxygen atoms in total. The van der Waals surface area contributed by atoms with Crippen LogP contribution in [0.1, 0.15) is 17.7 Å². The molecule has 1 aromatic carbocycles. The minimum atomic E-state index is 0. The molecule has 0 aliphatic rings. The highest BCUT2D eigenvalue weighted by Crippen LogP contribution is 2.14. The maximum Gasteiger partial charge on any atom is 0.193 e. The molecule has 1 aromatic heterocycles. The molecule has 156 valence electrons. The number of hydrogen-bond donors (Lipinski definition) is 1. The smallest absolute Gasteiger partial charge is 0.193 e. The molecule has 1 heterocycles. The second-order valence-electron chi connectivity index (χ2n) is 6.34. The largest absolute Gasteiger partial charge is 0.497 e. The van der Waals surface area contributed by atoms with Gasteiger partial charge in [0.15, 0.2) is 5.96 Å². The average Bonchev–Trinajstić information content (AvgIpc) is 2.98. The molecule has 1 N–H and O–H groups in total. The van der Waals surface area contributed by atoms with Crippen molar-refractivity contribution < 1.29 is 9.47 Å². The molecule has 2 aromatic rings. The first-order valence-corrected chi connectivity index (χ1v) is 9.34. The lowest BCUT2D eigenvalue weighted by atomic mass is 10.2. The number of aromatic nitrogens is 1. The van der Waals surface area contributed by atoms with E-state index in [1.807, 2.05) is 55.2 Å². The molecule has 0 radical (unpaired) electrons. The fourth-order valence-electron chi connectivity index (χ4n) is 2.71. The molecule has 0 aliphatic carbocycles. The van der Waals surface area contributed by atoms with Gasteiger partial charge in [0.25, 0.3) is 0 Å². The van der Waals surface area contributed by atoms with Crippen LogP contribution < -0.4 is 10.1 Å². The van der Waals surface area contributed by atoms with E-state index in [4.69, 9.17) is 21.1 Å². The second-order valence-corrected chi connectivity index (χ2v) is 6.78. The Balaban J connectivity index is 0.00000392. The lowest BCUT2D eigenvalue weighted by molar-refractivity contribution is 0.119. The minimum Gasteiger partial charge on any atom is -0.497 e. The Hall–Kier alpha value is -1.45. The first-order chi connectivity index (χ1) is 13.0. The van der Waals surface area contributed by atoms with Crippen molar-refractivity contribution in [3.8, 4) is 5.75 Å². The molecule has 8 heteroatoms. The van der Waals surface area contributed by atoms with E-state index in [1.54, 1.807) is 14.2 Å². The fourth-order valence-corrected chi connectivity index (χ4v) is 2.98. The molecule has 0 aliphatic heterocycles. The highest BCUT2D eigenvalue weighted by Gasteiger charge is 2.09. The third-order valence-corrected chi connectivity index (χ3v) is 4.43. The summed E-state index contributed by atoms with van der Waals surface area (Å²) >= 11 is 6.05. The van der Waals surface area contributed by atoms with Gasteiger partial charge in [0.2, 0.25) is 0 Å². The highest BCUT2D eigenvalue weighted by atomic mass is 127. The van der Waals surface area contributed by atoms with E-state index >= 15 is 0 Å². The first kappa shape index (κ1) is 24.6. The lowest BCUT2D eigenvalue weighted by Crippen LogP contribution is -2.39. The number of benzene rings is 1. The molecule has 0 amide bonds. The number of hydrogen-bond acceptors (Lipinski definition) is 3. The van der Waals surface area contributed by atoms with Gasteiger partial charge in [-0.25, -0.2) is 0 Å². The van der Waals surface area contributed by atoms with E-state index in [0.29, 0.717) is 13.2 Å². The third-order valence-electron chi connectivity index (χ3n) is 4.22. The van der Waals surface area contributed by atoms with Crippen LogP contribution in [0.15, 0.2) is 41.5 Å². The molecular weight excluding hydrogens is 491 g/mol. The average molecular weight is 521 g/mol. The number of guanidine groups is 1. The van der Waals surface area contributed by atoms with Gasteiger partial charge in [-0.15, -0.1) is 24.0 Å². The minimum absolute atomic E-state index is 0. The molecule has 2 rings (SSSR count). The van der Waals surface area contributed by atoms with Crippen molar-refractivity contribution in [2.24, 2.45) is 12.0 Å². The summed E-state index contributed by atoms with van der Waals surface area (Å²) < 4.78 is 12.9. The van der Waals surface area contributed by atoms with Crippen LogP contribution in [-0.2, 0) is 24.9 Å². The summed E-state index contributed by atoms with van der Waals surface area (Å²) in [5.41, 5.74) is 2.27. The number of rotatable bonds is 9. The van der Waals surface area contributed by atoms with Gasteiger partial charge in [0.05, 0.1) is 25.3 Å². The summed E-state index contributed by atoms with van der Waals surface area (Å²) in [7, 11) is 7.46. The number of ether oxygens (including phenoxy) is 2. The Morgan fingerprint density at radius 1 is 1.29 bits per heavy atom. The molecule has 0 saturated carbocycles. The van der Waals surface area contributed by atoms with Gasteiger partial charge < -0.3 is 24.3 Å². The maximum atomic E-state index is 6.05. The Kier molecular flexibility index (Phi) is 11.3. The monoisotopic (exact) mass is 520 g/mol. The van der Waals surface area contributed by atoms with Crippen LogP contribution >= 0.6 is 35.6 Å².